The number of halogens is 1. The molecule has 5 nitrogen and oxygen atoms in total. The fourth-order valence-electron chi connectivity index (χ4n) is 1.83. The highest BCUT2D eigenvalue weighted by Gasteiger charge is 2.10. The van der Waals surface area contributed by atoms with Crippen LogP contribution in [0, 0.1) is 0 Å². The van der Waals surface area contributed by atoms with Gasteiger partial charge in [0.15, 0.2) is 5.76 Å². The van der Waals surface area contributed by atoms with Gasteiger partial charge in [-0.25, -0.2) is 9.67 Å². The number of nitrogens with zero attached hydrogens (tertiary/aromatic N) is 4. The molecular weight excluding hydrogens is 320 g/mol. The third-order valence-electron chi connectivity index (χ3n) is 2.87. The van der Waals surface area contributed by atoms with Crippen molar-refractivity contribution < 1.29 is 4.42 Å². The molecule has 0 aliphatic carbocycles. The minimum atomic E-state index is 0.181. The molecule has 3 aromatic rings. The van der Waals surface area contributed by atoms with Crippen molar-refractivity contribution in [3.05, 3.63) is 54.3 Å². The zero-order valence-electron chi connectivity index (χ0n) is 10.9. The first-order valence-corrected chi connectivity index (χ1v) is 7.18. The Bertz CT molecular complexity index is 690. The smallest absolute Gasteiger partial charge is 0.216 e. The summed E-state index contributed by atoms with van der Waals surface area (Å²) < 4.78 is 7.45. The van der Waals surface area contributed by atoms with E-state index in [1.165, 1.54) is 0 Å². The van der Waals surface area contributed by atoms with Gasteiger partial charge in [-0.3, -0.25) is 0 Å². The van der Waals surface area contributed by atoms with E-state index in [0.717, 1.165) is 17.0 Å². The monoisotopic (exact) mass is 332 g/mol. The summed E-state index contributed by atoms with van der Waals surface area (Å²) >= 11 is 3.46. The molecule has 2 heterocycles. The Morgan fingerprint density at radius 3 is 2.80 bits per heavy atom. The van der Waals surface area contributed by atoms with Crippen LogP contribution in [0.4, 0.5) is 0 Å². The van der Waals surface area contributed by atoms with Gasteiger partial charge in [0.25, 0.3) is 0 Å². The first kappa shape index (κ1) is 13.1. The molecule has 1 atom stereocenters. The Kier molecular flexibility index (Phi) is 3.64. The molecule has 0 aliphatic rings. The Labute approximate surface area is 124 Å². The maximum atomic E-state index is 5.73. The van der Waals surface area contributed by atoms with Gasteiger partial charge in [-0.15, -0.1) is 5.10 Å². The van der Waals surface area contributed by atoms with Gasteiger partial charge >= 0.3 is 0 Å². The summed E-state index contributed by atoms with van der Waals surface area (Å²) in [5.41, 5.74) is 1.90. The SMILES string of the molecule is CC(Br)c1cn(Cc2ncc(-c3ccccc3)o2)nn1. The van der Waals surface area contributed by atoms with Crippen molar-refractivity contribution in [3.8, 4) is 11.3 Å². The van der Waals surface area contributed by atoms with Gasteiger partial charge in [0.05, 0.1) is 22.9 Å². The van der Waals surface area contributed by atoms with E-state index in [2.05, 4.69) is 31.2 Å². The number of hydrogen-bond donors (Lipinski definition) is 0. The van der Waals surface area contributed by atoms with E-state index in [0.29, 0.717) is 12.4 Å². The van der Waals surface area contributed by atoms with Gasteiger partial charge in [0, 0.05) is 5.56 Å². The summed E-state index contributed by atoms with van der Waals surface area (Å²) in [5.74, 6) is 1.37. The highest BCUT2D eigenvalue weighted by Crippen LogP contribution is 2.21. The van der Waals surface area contributed by atoms with Crippen LogP contribution < -0.4 is 0 Å². The van der Waals surface area contributed by atoms with Crippen LogP contribution in [0.25, 0.3) is 11.3 Å². The number of rotatable bonds is 4. The molecule has 0 fully saturated rings. The number of hydrogen-bond acceptors (Lipinski definition) is 4. The van der Waals surface area contributed by atoms with Crippen LogP contribution >= 0.6 is 15.9 Å². The standard InChI is InChI=1S/C14H13BrN4O/c1-10(15)12-8-19(18-17-12)9-14-16-7-13(20-14)11-5-3-2-4-6-11/h2-8,10H,9H2,1H3. The van der Waals surface area contributed by atoms with Crippen LogP contribution in [-0.4, -0.2) is 20.0 Å². The second-order valence-electron chi connectivity index (χ2n) is 4.44. The normalized spacial score (nSPS) is 12.5. The van der Waals surface area contributed by atoms with Gasteiger partial charge in [-0.1, -0.05) is 51.5 Å². The fourth-order valence-corrected chi connectivity index (χ4v) is 2.04. The Morgan fingerprint density at radius 2 is 2.10 bits per heavy atom. The average molecular weight is 333 g/mol. The Morgan fingerprint density at radius 1 is 1.30 bits per heavy atom. The lowest BCUT2D eigenvalue weighted by Crippen LogP contribution is -2.00. The first-order valence-electron chi connectivity index (χ1n) is 6.26. The zero-order chi connectivity index (χ0) is 13.9. The summed E-state index contributed by atoms with van der Waals surface area (Å²) in [6.45, 7) is 2.48. The van der Waals surface area contributed by atoms with Crippen molar-refractivity contribution in [2.24, 2.45) is 0 Å². The average Bonchev–Trinajstić information content (AvgIpc) is 3.10. The quantitative estimate of drug-likeness (QED) is 0.687. The summed E-state index contributed by atoms with van der Waals surface area (Å²) in [4.78, 5) is 4.46. The van der Waals surface area contributed by atoms with E-state index in [9.17, 15) is 0 Å². The molecule has 0 amide bonds. The molecule has 0 N–H and O–H groups in total. The Hall–Kier alpha value is -1.95. The number of benzene rings is 1. The lowest BCUT2D eigenvalue weighted by molar-refractivity contribution is 0.469. The van der Waals surface area contributed by atoms with E-state index < -0.39 is 0 Å². The lowest BCUT2D eigenvalue weighted by atomic mass is 10.2. The van der Waals surface area contributed by atoms with Gasteiger partial charge in [-0.2, -0.15) is 0 Å². The van der Waals surface area contributed by atoms with Crippen LogP contribution in [0.5, 0.6) is 0 Å². The molecule has 3 rings (SSSR count). The van der Waals surface area contributed by atoms with Gasteiger partial charge < -0.3 is 4.42 Å². The molecule has 0 bridgehead atoms. The molecule has 0 saturated carbocycles. The minimum Gasteiger partial charge on any atom is -0.439 e. The van der Waals surface area contributed by atoms with Crippen molar-refractivity contribution in [1.29, 1.82) is 0 Å². The fraction of sp³-hybridized carbons (Fsp3) is 0.214. The number of aromatic nitrogens is 4. The van der Waals surface area contributed by atoms with Crippen molar-refractivity contribution in [2.45, 2.75) is 18.3 Å². The molecular formula is C14H13BrN4O. The molecule has 0 saturated heterocycles. The highest BCUT2D eigenvalue weighted by atomic mass is 79.9. The van der Waals surface area contributed by atoms with Crippen molar-refractivity contribution in [3.63, 3.8) is 0 Å². The van der Waals surface area contributed by atoms with Crippen molar-refractivity contribution in [1.82, 2.24) is 20.0 Å². The Balaban J connectivity index is 1.77. The molecule has 2 aromatic heterocycles. The maximum absolute atomic E-state index is 5.73. The van der Waals surface area contributed by atoms with Crippen LogP contribution in [0.1, 0.15) is 23.3 Å². The summed E-state index contributed by atoms with van der Waals surface area (Å²) in [7, 11) is 0. The predicted molar refractivity (Wildman–Crippen MR) is 78.4 cm³/mol. The van der Waals surface area contributed by atoms with E-state index in [4.69, 9.17) is 4.42 Å². The van der Waals surface area contributed by atoms with Gasteiger partial charge in [-0.05, 0) is 6.92 Å². The summed E-state index contributed by atoms with van der Waals surface area (Å²) in [5, 5.41) is 8.12. The molecule has 1 unspecified atom stereocenters. The second-order valence-corrected chi connectivity index (χ2v) is 5.81. The molecule has 102 valence electrons. The van der Waals surface area contributed by atoms with Gasteiger partial charge in [0.2, 0.25) is 5.89 Å². The minimum absolute atomic E-state index is 0.181. The first-order chi connectivity index (χ1) is 9.72. The largest absolute Gasteiger partial charge is 0.439 e. The summed E-state index contributed by atoms with van der Waals surface area (Å²) in [6, 6.07) is 9.89. The van der Waals surface area contributed by atoms with E-state index in [1.807, 2.05) is 43.5 Å². The predicted octanol–water partition coefficient (Wildman–Crippen LogP) is 3.44. The van der Waals surface area contributed by atoms with Crippen LogP contribution in [-0.2, 0) is 6.54 Å². The summed E-state index contributed by atoms with van der Waals surface area (Å²) in [6.07, 6.45) is 3.61. The van der Waals surface area contributed by atoms with E-state index in [-0.39, 0.29) is 4.83 Å². The lowest BCUT2D eigenvalue weighted by Gasteiger charge is -1.96. The molecule has 1 aromatic carbocycles. The molecule has 0 spiro atoms. The topological polar surface area (TPSA) is 56.7 Å². The van der Waals surface area contributed by atoms with Crippen molar-refractivity contribution in [2.75, 3.05) is 0 Å². The second kappa shape index (κ2) is 5.58. The number of oxazole rings is 1. The zero-order valence-corrected chi connectivity index (χ0v) is 12.5. The van der Waals surface area contributed by atoms with Crippen LogP contribution in [0.3, 0.4) is 0 Å². The number of alkyl halides is 1. The van der Waals surface area contributed by atoms with E-state index >= 15 is 0 Å². The molecule has 20 heavy (non-hydrogen) atoms. The third-order valence-corrected chi connectivity index (χ3v) is 3.34. The van der Waals surface area contributed by atoms with Crippen LogP contribution in [0.2, 0.25) is 0 Å². The highest BCUT2D eigenvalue weighted by molar-refractivity contribution is 9.09. The van der Waals surface area contributed by atoms with Crippen molar-refractivity contribution >= 4 is 15.9 Å². The van der Waals surface area contributed by atoms with E-state index in [1.54, 1.807) is 10.9 Å². The molecule has 6 heteroatoms. The third kappa shape index (κ3) is 2.80. The van der Waals surface area contributed by atoms with Crippen LogP contribution in [0.15, 0.2) is 47.1 Å². The maximum Gasteiger partial charge on any atom is 0.216 e. The molecule has 0 radical (unpaired) electrons. The van der Waals surface area contributed by atoms with Gasteiger partial charge in [0.1, 0.15) is 6.54 Å². The molecule has 0 aliphatic heterocycles.